The maximum Gasteiger partial charge on any atom is 0.375 e. The zero-order chi connectivity index (χ0) is 21.0. The third-order valence-corrected chi connectivity index (χ3v) is 5.01. The third-order valence-electron chi connectivity index (χ3n) is 4.16. The SMILES string of the molecule is CC(C)n1cc(C(N)=NOC(=O)c2cccs2)c(=O)n(Cc2ccccc2)c1=O. The molecule has 0 saturated heterocycles. The van der Waals surface area contributed by atoms with Gasteiger partial charge >= 0.3 is 11.7 Å². The van der Waals surface area contributed by atoms with Crippen molar-refractivity contribution in [3.05, 3.63) is 90.9 Å². The number of amidine groups is 1. The predicted octanol–water partition coefficient (Wildman–Crippen LogP) is 2.18. The van der Waals surface area contributed by atoms with E-state index in [-0.39, 0.29) is 24.0 Å². The minimum atomic E-state index is -0.676. The number of thiophene rings is 1. The first-order chi connectivity index (χ1) is 13.9. The predicted molar refractivity (Wildman–Crippen MR) is 111 cm³/mol. The summed E-state index contributed by atoms with van der Waals surface area (Å²) >= 11 is 1.20. The Labute approximate surface area is 170 Å². The molecule has 0 aliphatic heterocycles. The standard InChI is InChI=1S/C20H20N4O4S/c1-13(2)23-12-15(17(21)22-28-19(26)16-9-6-10-29-16)18(25)24(20(23)27)11-14-7-4-3-5-8-14/h3-10,12-13H,11H2,1-2H3,(H2,21,22). The normalized spacial score (nSPS) is 11.6. The highest BCUT2D eigenvalue weighted by Gasteiger charge is 2.17. The van der Waals surface area contributed by atoms with E-state index in [0.29, 0.717) is 4.88 Å². The Morgan fingerprint density at radius 1 is 1.17 bits per heavy atom. The van der Waals surface area contributed by atoms with E-state index >= 15 is 0 Å². The average Bonchev–Trinajstić information content (AvgIpc) is 3.24. The molecular weight excluding hydrogens is 392 g/mol. The number of oxime groups is 1. The van der Waals surface area contributed by atoms with Crippen molar-refractivity contribution in [1.29, 1.82) is 0 Å². The highest BCUT2D eigenvalue weighted by Crippen LogP contribution is 2.10. The molecule has 2 aromatic heterocycles. The van der Waals surface area contributed by atoms with Crippen molar-refractivity contribution in [1.82, 2.24) is 9.13 Å². The summed E-state index contributed by atoms with van der Waals surface area (Å²) in [5, 5.41) is 5.34. The Hall–Kier alpha value is -3.46. The van der Waals surface area contributed by atoms with Gasteiger partial charge in [0.1, 0.15) is 10.4 Å². The van der Waals surface area contributed by atoms with E-state index in [1.165, 1.54) is 22.1 Å². The molecule has 0 atom stereocenters. The quantitative estimate of drug-likeness (QED) is 0.289. The minimum absolute atomic E-state index is 0.0202. The van der Waals surface area contributed by atoms with Crippen LogP contribution in [0, 0.1) is 0 Å². The summed E-state index contributed by atoms with van der Waals surface area (Å²) in [6.07, 6.45) is 1.34. The van der Waals surface area contributed by atoms with Crippen molar-refractivity contribution in [2.75, 3.05) is 0 Å². The largest absolute Gasteiger partial charge is 0.380 e. The molecule has 0 radical (unpaired) electrons. The molecular formula is C20H20N4O4S. The van der Waals surface area contributed by atoms with Gasteiger partial charge in [-0.05, 0) is 30.9 Å². The molecule has 3 aromatic rings. The number of rotatable bonds is 6. The zero-order valence-electron chi connectivity index (χ0n) is 15.9. The van der Waals surface area contributed by atoms with Crippen molar-refractivity contribution in [3.8, 4) is 0 Å². The van der Waals surface area contributed by atoms with Gasteiger partial charge in [0, 0.05) is 12.2 Å². The highest BCUT2D eigenvalue weighted by molar-refractivity contribution is 7.11. The number of hydrogen-bond acceptors (Lipinski definition) is 6. The first-order valence-corrected chi connectivity index (χ1v) is 9.75. The lowest BCUT2D eigenvalue weighted by molar-refractivity contribution is 0.0521. The van der Waals surface area contributed by atoms with Crippen LogP contribution < -0.4 is 17.0 Å². The summed E-state index contributed by atoms with van der Waals surface area (Å²) in [6, 6.07) is 12.2. The Kier molecular flexibility index (Phi) is 6.08. The van der Waals surface area contributed by atoms with E-state index in [2.05, 4.69) is 5.16 Å². The molecule has 0 aliphatic carbocycles. The monoisotopic (exact) mass is 412 g/mol. The van der Waals surface area contributed by atoms with Gasteiger partial charge < -0.3 is 10.6 Å². The Bertz CT molecular complexity index is 1150. The second-order valence-electron chi connectivity index (χ2n) is 6.54. The highest BCUT2D eigenvalue weighted by atomic mass is 32.1. The van der Waals surface area contributed by atoms with Crippen molar-refractivity contribution < 1.29 is 9.63 Å². The molecule has 29 heavy (non-hydrogen) atoms. The molecule has 2 heterocycles. The first kappa shape index (κ1) is 20.3. The number of carbonyl (C=O) groups excluding carboxylic acids is 1. The van der Waals surface area contributed by atoms with Gasteiger partial charge in [-0.25, -0.2) is 9.59 Å². The molecule has 8 nitrogen and oxygen atoms in total. The van der Waals surface area contributed by atoms with Crippen LogP contribution in [0.4, 0.5) is 0 Å². The third kappa shape index (κ3) is 4.52. The topological polar surface area (TPSA) is 109 Å². The van der Waals surface area contributed by atoms with E-state index in [1.54, 1.807) is 17.5 Å². The fourth-order valence-electron chi connectivity index (χ4n) is 2.65. The zero-order valence-corrected chi connectivity index (χ0v) is 16.8. The van der Waals surface area contributed by atoms with E-state index in [4.69, 9.17) is 10.6 Å². The molecule has 0 aliphatic rings. The van der Waals surface area contributed by atoms with Crippen LogP contribution in [0.5, 0.6) is 0 Å². The molecule has 150 valence electrons. The second-order valence-corrected chi connectivity index (χ2v) is 7.48. The molecule has 9 heteroatoms. The van der Waals surface area contributed by atoms with Crippen molar-refractivity contribution in [3.63, 3.8) is 0 Å². The van der Waals surface area contributed by atoms with E-state index in [1.807, 2.05) is 44.2 Å². The second kappa shape index (κ2) is 8.70. The molecule has 1 aromatic carbocycles. The van der Waals surface area contributed by atoms with E-state index in [9.17, 15) is 14.4 Å². The smallest absolute Gasteiger partial charge is 0.375 e. The minimum Gasteiger partial charge on any atom is -0.380 e. The average molecular weight is 412 g/mol. The number of hydrogen-bond donors (Lipinski definition) is 1. The Morgan fingerprint density at radius 3 is 2.52 bits per heavy atom. The van der Waals surface area contributed by atoms with Crippen LogP contribution in [-0.2, 0) is 11.4 Å². The fourth-order valence-corrected chi connectivity index (χ4v) is 3.25. The van der Waals surface area contributed by atoms with Crippen LogP contribution in [0.15, 0.2) is 68.8 Å². The van der Waals surface area contributed by atoms with E-state index < -0.39 is 17.2 Å². The Balaban J connectivity index is 2.01. The number of nitrogens with two attached hydrogens (primary N) is 1. The summed E-state index contributed by atoms with van der Waals surface area (Å²) in [7, 11) is 0. The number of benzene rings is 1. The van der Waals surface area contributed by atoms with Crippen LogP contribution in [0.25, 0.3) is 0 Å². The molecule has 0 spiro atoms. The lowest BCUT2D eigenvalue weighted by Gasteiger charge is -2.15. The summed E-state index contributed by atoms with van der Waals surface area (Å²) in [4.78, 5) is 42.9. The maximum atomic E-state index is 12.9. The molecule has 0 saturated carbocycles. The fraction of sp³-hybridized carbons (Fsp3) is 0.200. The molecule has 0 unspecified atom stereocenters. The van der Waals surface area contributed by atoms with Gasteiger partial charge in [0.2, 0.25) is 0 Å². The summed E-state index contributed by atoms with van der Waals surface area (Å²) in [5.41, 5.74) is 5.63. The number of carbonyl (C=O) groups is 1. The summed E-state index contributed by atoms with van der Waals surface area (Å²) in [6.45, 7) is 3.71. The molecule has 2 N–H and O–H groups in total. The molecule has 0 amide bonds. The summed E-state index contributed by atoms with van der Waals surface area (Å²) in [5.74, 6) is -0.958. The summed E-state index contributed by atoms with van der Waals surface area (Å²) < 4.78 is 2.48. The Morgan fingerprint density at radius 2 is 1.90 bits per heavy atom. The van der Waals surface area contributed by atoms with Gasteiger partial charge in [0.05, 0.1) is 6.54 Å². The van der Waals surface area contributed by atoms with Crippen molar-refractivity contribution in [2.24, 2.45) is 10.9 Å². The van der Waals surface area contributed by atoms with Gasteiger partial charge in [-0.1, -0.05) is 41.6 Å². The van der Waals surface area contributed by atoms with Crippen LogP contribution in [0.3, 0.4) is 0 Å². The van der Waals surface area contributed by atoms with Gasteiger partial charge in [0.25, 0.3) is 5.56 Å². The first-order valence-electron chi connectivity index (χ1n) is 8.87. The van der Waals surface area contributed by atoms with Gasteiger partial charge in [-0.3, -0.25) is 13.9 Å². The van der Waals surface area contributed by atoms with Gasteiger partial charge in [-0.15, -0.1) is 11.3 Å². The molecule has 3 rings (SSSR count). The van der Waals surface area contributed by atoms with Gasteiger partial charge in [-0.2, -0.15) is 0 Å². The molecule has 0 bridgehead atoms. The van der Waals surface area contributed by atoms with Crippen LogP contribution in [-0.4, -0.2) is 20.9 Å². The maximum absolute atomic E-state index is 12.9. The van der Waals surface area contributed by atoms with Gasteiger partial charge in [0.15, 0.2) is 5.84 Å². The van der Waals surface area contributed by atoms with Crippen molar-refractivity contribution >= 4 is 23.1 Å². The van der Waals surface area contributed by atoms with Crippen LogP contribution >= 0.6 is 11.3 Å². The van der Waals surface area contributed by atoms with Crippen molar-refractivity contribution in [2.45, 2.75) is 26.4 Å². The van der Waals surface area contributed by atoms with Crippen LogP contribution in [0.2, 0.25) is 0 Å². The lowest BCUT2D eigenvalue weighted by Crippen LogP contribution is -2.44. The molecule has 0 fully saturated rings. The lowest BCUT2D eigenvalue weighted by atomic mass is 10.2. The van der Waals surface area contributed by atoms with E-state index in [0.717, 1.165) is 10.1 Å². The van der Waals surface area contributed by atoms with Crippen LogP contribution in [0.1, 0.15) is 40.7 Å². The number of nitrogens with zero attached hydrogens (tertiary/aromatic N) is 3. The number of aromatic nitrogens is 2.